The number of anilines is 1. The van der Waals surface area contributed by atoms with Gasteiger partial charge in [0.15, 0.2) is 12.4 Å². The smallest absolute Gasteiger partial charge is 0.311 e. The van der Waals surface area contributed by atoms with Crippen molar-refractivity contribution in [1.29, 1.82) is 0 Å². The van der Waals surface area contributed by atoms with Crippen LogP contribution >= 0.6 is 0 Å². The van der Waals surface area contributed by atoms with Crippen molar-refractivity contribution in [2.75, 3.05) is 32.3 Å². The fourth-order valence-electron chi connectivity index (χ4n) is 3.11. The number of nitrogens with zero attached hydrogens (tertiary/aromatic N) is 1. The number of hydrogen-bond acceptors (Lipinski definition) is 6. The van der Waals surface area contributed by atoms with Crippen LogP contribution in [0.1, 0.15) is 16.8 Å². The Morgan fingerprint density at radius 2 is 1.93 bits per heavy atom. The molecule has 3 rings (SSSR count). The van der Waals surface area contributed by atoms with Crippen LogP contribution < -0.4 is 14.4 Å². The molecule has 0 N–H and O–H groups in total. The fourth-order valence-corrected chi connectivity index (χ4v) is 3.11. The SMILES string of the molecule is COc1ccc(N2C[C@H](C(=O)OCC(=O)c3cccc(F)c3)CC2=O)c(OC)c1. The van der Waals surface area contributed by atoms with Crippen LogP contribution in [-0.4, -0.2) is 45.0 Å². The van der Waals surface area contributed by atoms with E-state index in [-0.39, 0.29) is 24.4 Å². The molecule has 7 nitrogen and oxygen atoms in total. The Morgan fingerprint density at radius 1 is 1.14 bits per heavy atom. The number of Topliss-reactive ketones (excluding diaryl/α,β-unsaturated/α-hetero) is 1. The van der Waals surface area contributed by atoms with Gasteiger partial charge in [-0.05, 0) is 24.3 Å². The lowest BCUT2D eigenvalue weighted by Gasteiger charge is -2.20. The molecule has 29 heavy (non-hydrogen) atoms. The Kier molecular flexibility index (Phi) is 6.11. The van der Waals surface area contributed by atoms with E-state index in [0.717, 1.165) is 6.07 Å². The highest BCUT2D eigenvalue weighted by Crippen LogP contribution is 2.36. The van der Waals surface area contributed by atoms with E-state index < -0.39 is 30.1 Å². The maximum atomic E-state index is 13.2. The summed E-state index contributed by atoms with van der Waals surface area (Å²) in [6, 6.07) is 10.1. The molecular weight excluding hydrogens is 381 g/mol. The number of ether oxygens (including phenoxy) is 3. The third kappa shape index (κ3) is 4.53. The molecule has 8 heteroatoms. The zero-order chi connectivity index (χ0) is 21.0. The molecule has 1 amide bonds. The van der Waals surface area contributed by atoms with Crippen molar-refractivity contribution in [2.45, 2.75) is 6.42 Å². The predicted octanol–water partition coefficient (Wildman–Crippen LogP) is 2.62. The van der Waals surface area contributed by atoms with E-state index in [1.165, 1.54) is 37.3 Å². The number of esters is 1. The van der Waals surface area contributed by atoms with Crippen LogP contribution in [0.4, 0.5) is 10.1 Å². The minimum absolute atomic E-state index is 0.0395. The molecule has 0 aliphatic carbocycles. The van der Waals surface area contributed by atoms with Gasteiger partial charge in [0.2, 0.25) is 5.91 Å². The molecule has 0 radical (unpaired) electrons. The number of carbonyl (C=O) groups is 3. The summed E-state index contributed by atoms with van der Waals surface area (Å²) in [6.07, 6.45) is -0.0395. The molecule has 0 spiro atoms. The van der Waals surface area contributed by atoms with E-state index in [1.807, 2.05) is 0 Å². The van der Waals surface area contributed by atoms with Gasteiger partial charge in [-0.15, -0.1) is 0 Å². The van der Waals surface area contributed by atoms with E-state index in [1.54, 1.807) is 18.2 Å². The summed E-state index contributed by atoms with van der Waals surface area (Å²) in [5.74, 6) is -1.68. The van der Waals surface area contributed by atoms with Gasteiger partial charge in [0.05, 0.1) is 25.8 Å². The molecule has 1 heterocycles. The second-order valence-corrected chi connectivity index (χ2v) is 6.48. The molecule has 1 saturated heterocycles. The lowest BCUT2D eigenvalue weighted by atomic mass is 10.1. The molecule has 1 aliphatic rings. The van der Waals surface area contributed by atoms with E-state index >= 15 is 0 Å². The average molecular weight is 401 g/mol. The van der Waals surface area contributed by atoms with Gasteiger partial charge in [-0.1, -0.05) is 12.1 Å². The van der Waals surface area contributed by atoms with Gasteiger partial charge in [0.1, 0.15) is 17.3 Å². The monoisotopic (exact) mass is 401 g/mol. The molecule has 2 aromatic carbocycles. The van der Waals surface area contributed by atoms with Crippen molar-refractivity contribution in [1.82, 2.24) is 0 Å². The van der Waals surface area contributed by atoms with E-state index in [0.29, 0.717) is 17.2 Å². The average Bonchev–Trinajstić information content (AvgIpc) is 3.12. The zero-order valence-corrected chi connectivity index (χ0v) is 16.0. The van der Waals surface area contributed by atoms with Crippen LogP contribution in [0.15, 0.2) is 42.5 Å². The normalized spacial score (nSPS) is 15.9. The fraction of sp³-hybridized carbons (Fsp3) is 0.286. The van der Waals surface area contributed by atoms with Gasteiger partial charge < -0.3 is 19.1 Å². The van der Waals surface area contributed by atoms with Gasteiger partial charge in [-0.25, -0.2) is 4.39 Å². The molecule has 0 saturated carbocycles. The second kappa shape index (κ2) is 8.72. The third-order valence-electron chi connectivity index (χ3n) is 4.63. The molecule has 0 aromatic heterocycles. The maximum Gasteiger partial charge on any atom is 0.311 e. The van der Waals surface area contributed by atoms with Crippen LogP contribution in [0, 0.1) is 11.7 Å². The number of carbonyl (C=O) groups excluding carboxylic acids is 3. The second-order valence-electron chi connectivity index (χ2n) is 6.48. The van der Waals surface area contributed by atoms with Crippen LogP contribution in [0.25, 0.3) is 0 Å². The Hall–Kier alpha value is -3.42. The number of hydrogen-bond donors (Lipinski definition) is 0. The molecular formula is C21H20FNO6. The largest absolute Gasteiger partial charge is 0.497 e. The number of halogens is 1. The van der Waals surface area contributed by atoms with Gasteiger partial charge >= 0.3 is 5.97 Å². The summed E-state index contributed by atoms with van der Waals surface area (Å²) < 4.78 is 28.7. The van der Waals surface area contributed by atoms with Crippen molar-refractivity contribution < 1.29 is 33.0 Å². The first kappa shape index (κ1) is 20.3. The van der Waals surface area contributed by atoms with Crippen molar-refractivity contribution >= 4 is 23.3 Å². The summed E-state index contributed by atoms with van der Waals surface area (Å²) in [7, 11) is 3.00. The lowest BCUT2D eigenvalue weighted by Crippen LogP contribution is -2.27. The third-order valence-corrected chi connectivity index (χ3v) is 4.63. The van der Waals surface area contributed by atoms with Gasteiger partial charge in [0.25, 0.3) is 0 Å². The van der Waals surface area contributed by atoms with Crippen molar-refractivity contribution in [2.24, 2.45) is 5.92 Å². The summed E-state index contributed by atoms with van der Waals surface area (Å²) in [5, 5.41) is 0. The maximum absolute atomic E-state index is 13.2. The summed E-state index contributed by atoms with van der Waals surface area (Å²) in [6.45, 7) is -0.409. The summed E-state index contributed by atoms with van der Waals surface area (Å²) in [4.78, 5) is 38.3. The quantitative estimate of drug-likeness (QED) is 0.524. The summed E-state index contributed by atoms with van der Waals surface area (Å²) in [5.41, 5.74) is 0.634. The number of methoxy groups -OCH3 is 2. The predicted molar refractivity (Wildman–Crippen MR) is 102 cm³/mol. The number of amides is 1. The Labute approximate surface area is 167 Å². The number of ketones is 1. The van der Waals surface area contributed by atoms with E-state index in [4.69, 9.17) is 14.2 Å². The first-order chi connectivity index (χ1) is 13.9. The number of rotatable bonds is 7. The highest BCUT2D eigenvalue weighted by Gasteiger charge is 2.37. The van der Waals surface area contributed by atoms with Gasteiger partial charge in [-0.2, -0.15) is 0 Å². The summed E-state index contributed by atoms with van der Waals surface area (Å²) >= 11 is 0. The molecule has 1 aliphatic heterocycles. The molecule has 152 valence electrons. The van der Waals surface area contributed by atoms with Crippen molar-refractivity contribution in [3.8, 4) is 11.5 Å². The molecule has 0 bridgehead atoms. The Bertz CT molecular complexity index is 945. The van der Waals surface area contributed by atoms with E-state index in [9.17, 15) is 18.8 Å². The first-order valence-electron chi connectivity index (χ1n) is 8.90. The van der Waals surface area contributed by atoms with Crippen LogP contribution in [-0.2, 0) is 14.3 Å². The van der Waals surface area contributed by atoms with Crippen molar-refractivity contribution in [3.63, 3.8) is 0 Å². The minimum atomic E-state index is -0.713. The van der Waals surface area contributed by atoms with Crippen LogP contribution in [0.5, 0.6) is 11.5 Å². The molecule has 2 aromatic rings. The minimum Gasteiger partial charge on any atom is -0.497 e. The standard InChI is InChI=1S/C21H20FNO6/c1-27-16-6-7-17(19(10-16)28-2)23-11-14(9-20(23)25)21(26)29-12-18(24)13-4-3-5-15(22)8-13/h3-8,10,14H,9,11-12H2,1-2H3/t14-/m1/s1. The molecule has 0 unspecified atom stereocenters. The lowest BCUT2D eigenvalue weighted by molar-refractivity contribution is -0.147. The molecule has 1 fully saturated rings. The van der Waals surface area contributed by atoms with Crippen LogP contribution in [0.3, 0.4) is 0 Å². The highest BCUT2D eigenvalue weighted by atomic mass is 19.1. The van der Waals surface area contributed by atoms with Crippen LogP contribution in [0.2, 0.25) is 0 Å². The topological polar surface area (TPSA) is 82.1 Å². The van der Waals surface area contributed by atoms with Crippen molar-refractivity contribution in [3.05, 3.63) is 53.8 Å². The van der Waals surface area contributed by atoms with Gasteiger partial charge in [0, 0.05) is 24.6 Å². The van der Waals surface area contributed by atoms with E-state index in [2.05, 4.69) is 0 Å². The number of benzene rings is 2. The Balaban J connectivity index is 1.64. The molecule has 1 atom stereocenters. The first-order valence-corrected chi connectivity index (χ1v) is 8.90. The highest BCUT2D eigenvalue weighted by molar-refractivity contribution is 6.01. The zero-order valence-electron chi connectivity index (χ0n) is 16.0. The van der Waals surface area contributed by atoms with Gasteiger partial charge in [-0.3, -0.25) is 14.4 Å². The Morgan fingerprint density at radius 3 is 2.62 bits per heavy atom.